The second-order valence-electron chi connectivity index (χ2n) is 6.56. The highest BCUT2D eigenvalue weighted by molar-refractivity contribution is 5.85. The lowest BCUT2D eigenvalue weighted by molar-refractivity contribution is -0.130. The molecule has 0 spiro atoms. The van der Waals surface area contributed by atoms with Crippen LogP contribution in [0.25, 0.3) is 0 Å². The number of amides is 1. The zero-order valence-electron chi connectivity index (χ0n) is 16.1. The van der Waals surface area contributed by atoms with Gasteiger partial charge < -0.3 is 19.7 Å². The Morgan fingerprint density at radius 3 is 2.81 bits per heavy atom. The third kappa shape index (κ3) is 7.42. The van der Waals surface area contributed by atoms with Crippen molar-refractivity contribution >= 4 is 18.3 Å². The molecule has 148 valence electrons. The van der Waals surface area contributed by atoms with Gasteiger partial charge in [-0.1, -0.05) is 25.8 Å². The van der Waals surface area contributed by atoms with Gasteiger partial charge in [0.15, 0.2) is 11.5 Å². The van der Waals surface area contributed by atoms with Crippen molar-refractivity contribution in [3.63, 3.8) is 0 Å². The third-order valence-corrected chi connectivity index (χ3v) is 4.54. The van der Waals surface area contributed by atoms with Crippen LogP contribution >= 0.6 is 12.4 Å². The molecule has 1 N–H and O–H groups in total. The molecule has 1 saturated heterocycles. The van der Waals surface area contributed by atoms with E-state index in [2.05, 4.69) is 18.3 Å². The van der Waals surface area contributed by atoms with E-state index in [1.807, 2.05) is 17.0 Å². The second kappa shape index (κ2) is 12.8. The number of hydrogen-bond donors (Lipinski definition) is 1. The molecule has 0 aliphatic carbocycles. The molecule has 0 unspecified atom stereocenters. The fourth-order valence-electron chi connectivity index (χ4n) is 2.99. The number of ether oxygens (including phenoxy) is 2. The average Bonchev–Trinajstić information content (AvgIpc) is 2.83. The Hall–Kier alpha value is -1.46. The summed E-state index contributed by atoms with van der Waals surface area (Å²) in [7, 11) is 1.66. The van der Waals surface area contributed by atoms with Crippen LogP contribution in [0.15, 0.2) is 18.2 Å². The molecule has 0 atom stereocenters. The predicted octanol–water partition coefficient (Wildman–Crippen LogP) is 3.79. The summed E-state index contributed by atoms with van der Waals surface area (Å²) in [5, 5.41) is 3.43. The number of methoxy groups -OCH3 is 1. The summed E-state index contributed by atoms with van der Waals surface area (Å²) >= 11 is 0. The standard InChI is InChI=1S/C20H32N2O3.ClH/c1-3-4-14-25-19-15-17(9-10-18(19)24-2)16-21-11-13-22-12-7-5-6-8-20(22)23;/h9-10,15,21H,3-8,11-14,16H2,1-2H3;1H. The zero-order valence-corrected chi connectivity index (χ0v) is 16.9. The van der Waals surface area contributed by atoms with Gasteiger partial charge in [-0.2, -0.15) is 0 Å². The molecule has 1 amide bonds. The Kier molecular flexibility index (Phi) is 11.1. The molecule has 1 aromatic rings. The smallest absolute Gasteiger partial charge is 0.222 e. The number of likely N-dealkylation sites (tertiary alicyclic amines) is 1. The van der Waals surface area contributed by atoms with Crippen LogP contribution in [0.2, 0.25) is 0 Å². The van der Waals surface area contributed by atoms with Gasteiger partial charge in [-0.25, -0.2) is 0 Å². The predicted molar refractivity (Wildman–Crippen MR) is 107 cm³/mol. The molecule has 1 heterocycles. The van der Waals surface area contributed by atoms with Crippen molar-refractivity contribution in [3.8, 4) is 11.5 Å². The lowest BCUT2D eigenvalue weighted by Gasteiger charge is -2.20. The lowest BCUT2D eigenvalue weighted by atomic mass is 10.2. The summed E-state index contributed by atoms with van der Waals surface area (Å²) in [5.74, 6) is 1.88. The van der Waals surface area contributed by atoms with Crippen LogP contribution in [0.3, 0.4) is 0 Å². The number of unbranched alkanes of at least 4 members (excludes halogenated alkanes) is 1. The van der Waals surface area contributed by atoms with Crippen LogP contribution in [0.5, 0.6) is 11.5 Å². The van der Waals surface area contributed by atoms with Gasteiger partial charge in [-0.3, -0.25) is 4.79 Å². The normalized spacial score (nSPS) is 14.5. The maximum atomic E-state index is 12.0. The van der Waals surface area contributed by atoms with Gasteiger partial charge in [0.2, 0.25) is 5.91 Å². The maximum absolute atomic E-state index is 12.0. The molecule has 1 aliphatic heterocycles. The molecule has 1 aromatic carbocycles. The number of hydrogen-bond acceptors (Lipinski definition) is 4. The molecule has 0 aromatic heterocycles. The second-order valence-corrected chi connectivity index (χ2v) is 6.56. The summed E-state index contributed by atoms with van der Waals surface area (Å²) in [6, 6.07) is 6.05. The van der Waals surface area contributed by atoms with Crippen LogP contribution < -0.4 is 14.8 Å². The first-order valence-corrected chi connectivity index (χ1v) is 9.52. The van der Waals surface area contributed by atoms with Gasteiger partial charge in [0.1, 0.15) is 0 Å². The summed E-state index contributed by atoms with van der Waals surface area (Å²) in [5.41, 5.74) is 1.16. The zero-order chi connectivity index (χ0) is 17.9. The summed E-state index contributed by atoms with van der Waals surface area (Å²) in [6.07, 6.45) is 6.19. The molecule has 5 nitrogen and oxygen atoms in total. The van der Waals surface area contributed by atoms with E-state index in [0.29, 0.717) is 18.9 Å². The first kappa shape index (κ1) is 22.6. The molecule has 0 saturated carbocycles. The first-order valence-electron chi connectivity index (χ1n) is 9.52. The van der Waals surface area contributed by atoms with E-state index in [1.165, 1.54) is 6.42 Å². The van der Waals surface area contributed by atoms with Crippen molar-refractivity contribution < 1.29 is 14.3 Å². The van der Waals surface area contributed by atoms with Crippen molar-refractivity contribution in [3.05, 3.63) is 23.8 Å². The van der Waals surface area contributed by atoms with Gasteiger partial charge in [0.05, 0.1) is 13.7 Å². The fourth-order valence-corrected chi connectivity index (χ4v) is 2.99. The molecular formula is C20H33ClN2O3. The number of rotatable bonds is 10. The Morgan fingerprint density at radius 1 is 1.19 bits per heavy atom. The van der Waals surface area contributed by atoms with Crippen LogP contribution in [-0.4, -0.2) is 44.2 Å². The molecule has 0 bridgehead atoms. The minimum atomic E-state index is 0. The number of carbonyl (C=O) groups excluding carboxylic acids is 1. The van der Waals surface area contributed by atoms with E-state index in [9.17, 15) is 4.79 Å². The first-order chi connectivity index (χ1) is 12.2. The number of nitrogens with one attached hydrogen (secondary N) is 1. The van der Waals surface area contributed by atoms with Gasteiger partial charge in [0, 0.05) is 32.6 Å². The minimum absolute atomic E-state index is 0. The molecule has 26 heavy (non-hydrogen) atoms. The lowest BCUT2D eigenvalue weighted by Crippen LogP contribution is -2.36. The van der Waals surface area contributed by atoms with E-state index in [1.54, 1.807) is 7.11 Å². The van der Waals surface area contributed by atoms with Gasteiger partial charge in [0.25, 0.3) is 0 Å². The summed E-state index contributed by atoms with van der Waals surface area (Å²) in [6.45, 7) is 6.12. The van der Waals surface area contributed by atoms with Gasteiger partial charge >= 0.3 is 0 Å². The van der Waals surface area contributed by atoms with E-state index in [0.717, 1.165) is 68.9 Å². The Labute approximate surface area is 163 Å². The molecular weight excluding hydrogens is 352 g/mol. The highest BCUT2D eigenvalue weighted by Crippen LogP contribution is 2.28. The highest BCUT2D eigenvalue weighted by atomic mass is 35.5. The minimum Gasteiger partial charge on any atom is -0.493 e. The molecule has 0 radical (unpaired) electrons. The van der Waals surface area contributed by atoms with Crippen molar-refractivity contribution in [1.29, 1.82) is 0 Å². The third-order valence-electron chi connectivity index (χ3n) is 4.54. The number of halogens is 1. The van der Waals surface area contributed by atoms with E-state index < -0.39 is 0 Å². The Balaban J connectivity index is 0.00000338. The largest absolute Gasteiger partial charge is 0.493 e. The monoisotopic (exact) mass is 384 g/mol. The molecule has 1 fully saturated rings. The summed E-state index contributed by atoms with van der Waals surface area (Å²) < 4.78 is 11.2. The average molecular weight is 385 g/mol. The Bertz CT molecular complexity index is 540. The molecule has 2 rings (SSSR count). The molecule has 1 aliphatic rings. The van der Waals surface area contributed by atoms with Crippen molar-refractivity contribution in [2.45, 2.75) is 52.0 Å². The van der Waals surface area contributed by atoms with E-state index in [-0.39, 0.29) is 12.4 Å². The quantitative estimate of drug-likeness (QED) is 0.623. The summed E-state index contributed by atoms with van der Waals surface area (Å²) in [4.78, 5) is 14.0. The van der Waals surface area contributed by atoms with Gasteiger partial charge in [-0.05, 0) is 37.0 Å². The fraction of sp³-hybridized carbons (Fsp3) is 0.650. The van der Waals surface area contributed by atoms with Gasteiger partial charge in [-0.15, -0.1) is 12.4 Å². The molecule has 6 heteroatoms. The SMILES string of the molecule is CCCCOc1cc(CNCCN2CCCCCC2=O)ccc1OC.Cl. The van der Waals surface area contributed by atoms with Crippen molar-refractivity contribution in [1.82, 2.24) is 10.2 Å². The Morgan fingerprint density at radius 2 is 2.04 bits per heavy atom. The highest BCUT2D eigenvalue weighted by Gasteiger charge is 2.15. The van der Waals surface area contributed by atoms with Crippen LogP contribution in [0.4, 0.5) is 0 Å². The number of carbonyl (C=O) groups is 1. The van der Waals surface area contributed by atoms with Crippen LogP contribution in [-0.2, 0) is 11.3 Å². The number of nitrogens with zero attached hydrogens (tertiary/aromatic N) is 1. The van der Waals surface area contributed by atoms with Crippen molar-refractivity contribution in [2.75, 3.05) is 33.4 Å². The maximum Gasteiger partial charge on any atom is 0.222 e. The number of benzene rings is 1. The van der Waals surface area contributed by atoms with E-state index >= 15 is 0 Å². The van der Waals surface area contributed by atoms with Crippen LogP contribution in [0.1, 0.15) is 51.0 Å². The van der Waals surface area contributed by atoms with E-state index in [4.69, 9.17) is 9.47 Å². The van der Waals surface area contributed by atoms with Crippen molar-refractivity contribution in [2.24, 2.45) is 0 Å². The topological polar surface area (TPSA) is 50.8 Å². The van der Waals surface area contributed by atoms with Crippen LogP contribution in [0, 0.1) is 0 Å².